The van der Waals surface area contributed by atoms with E-state index in [4.69, 9.17) is 0 Å². The van der Waals surface area contributed by atoms with E-state index >= 15 is 0 Å². The number of carbonyl (C=O) groups excluding carboxylic acids is 1. The van der Waals surface area contributed by atoms with Gasteiger partial charge in [0.25, 0.3) is 0 Å². The molecule has 0 atom stereocenters. The third-order valence-electron chi connectivity index (χ3n) is 1.13. The molecule has 0 amide bonds. The third kappa shape index (κ3) is 7.06. The molecule has 0 heterocycles. The zero-order valence-corrected chi connectivity index (χ0v) is 7.91. The van der Waals surface area contributed by atoms with Crippen molar-refractivity contribution in [2.24, 2.45) is 5.92 Å². The summed E-state index contributed by atoms with van der Waals surface area (Å²) in [6.45, 7) is 6.37. The van der Waals surface area contributed by atoms with E-state index in [0.29, 0.717) is 12.5 Å². The molecule has 0 aliphatic rings. The molecule has 0 aromatic rings. The van der Waals surface area contributed by atoms with Gasteiger partial charge in [-0.2, -0.15) is 0 Å². The summed E-state index contributed by atoms with van der Waals surface area (Å²) in [5.41, 5.74) is 0. The lowest BCUT2D eigenvalue weighted by Crippen LogP contribution is -1.98. The lowest BCUT2D eigenvalue weighted by Gasteiger charge is -1.93. The molecular formula is C10H16O2. The van der Waals surface area contributed by atoms with Gasteiger partial charge in [0.2, 0.25) is 0 Å². The molecular weight excluding hydrogens is 152 g/mol. The maximum atomic E-state index is 10.7. The zero-order chi connectivity index (χ0) is 9.40. The van der Waals surface area contributed by atoms with Crippen LogP contribution in [0.4, 0.5) is 0 Å². The average Bonchev–Trinajstić information content (AvgIpc) is 1.98. The minimum Gasteiger partial charge on any atom is -0.463 e. The van der Waals surface area contributed by atoms with Gasteiger partial charge in [0.1, 0.15) is 0 Å². The predicted molar refractivity (Wildman–Crippen MR) is 49.8 cm³/mol. The van der Waals surface area contributed by atoms with Crippen LogP contribution in [0, 0.1) is 5.92 Å². The fourth-order valence-electron chi connectivity index (χ4n) is 0.611. The van der Waals surface area contributed by atoms with E-state index in [-0.39, 0.29) is 5.97 Å². The van der Waals surface area contributed by atoms with Crippen LogP contribution in [0.3, 0.4) is 0 Å². The summed E-state index contributed by atoms with van der Waals surface area (Å²) in [6, 6.07) is 0. The fourth-order valence-corrected chi connectivity index (χ4v) is 0.611. The molecule has 0 aromatic carbocycles. The SMILES string of the molecule is CCOC(=O)C=CC=CC(C)C. The Labute approximate surface area is 73.9 Å². The van der Waals surface area contributed by atoms with Crippen molar-refractivity contribution in [2.45, 2.75) is 20.8 Å². The summed E-state index contributed by atoms with van der Waals surface area (Å²) < 4.78 is 4.69. The Morgan fingerprint density at radius 1 is 1.42 bits per heavy atom. The predicted octanol–water partition coefficient (Wildman–Crippen LogP) is 2.32. The number of rotatable bonds is 4. The van der Waals surface area contributed by atoms with E-state index < -0.39 is 0 Å². The van der Waals surface area contributed by atoms with Crippen molar-refractivity contribution in [3.63, 3.8) is 0 Å². The number of hydrogen-bond donors (Lipinski definition) is 0. The topological polar surface area (TPSA) is 26.3 Å². The highest BCUT2D eigenvalue weighted by Gasteiger charge is 1.90. The van der Waals surface area contributed by atoms with Crippen LogP contribution in [0.25, 0.3) is 0 Å². The van der Waals surface area contributed by atoms with Gasteiger partial charge in [-0.1, -0.05) is 32.1 Å². The van der Waals surface area contributed by atoms with Crippen LogP contribution in [-0.2, 0) is 9.53 Å². The van der Waals surface area contributed by atoms with Gasteiger partial charge in [-0.15, -0.1) is 0 Å². The smallest absolute Gasteiger partial charge is 0.330 e. The van der Waals surface area contributed by atoms with E-state index in [2.05, 4.69) is 18.6 Å². The molecule has 0 unspecified atom stereocenters. The van der Waals surface area contributed by atoms with Crippen LogP contribution in [0.1, 0.15) is 20.8 Å². The van der Waals surface area contributed by atoms with Gasteiger partial charge in [-0.05, 0) is 12.8 Å². The number of ether oxygens (including phenoxy) is 1. The maximum absolute atomic E-state index is 10.7. The van der Waals surface area contributed by atoms with E-state index in [1.54, 1.807) is 13.0 Å². The molecule has 0 saturated carbocycles. The molecule has 0 aliphatic carbocycles. The van der Waals surface area contributed by atoms with Crippen molar-refractivity contribution in [3.05, 3.63) is 24.3 Å². The van der Waals surface area contributed by atoms with Gasteiger partial charge in [0, 0.05) is 6.08 Å². The Balaban J connectivity index is 3.68. The molecule has 0 radical (unpaired) electrons. The Morgan fingerprint density at radius 3 is 2.58 bits per heavy atom. The Morgan fingerprint density at radius 2 is 2.08 bits per heavy atom. The minimum absolute atomic E-state index is 0.286. The summed E-state index contributed by atoms with van der Waals surface area (Å²) in [5, 5.41) is 0. The maximum Gasteiger partial charge on any atom is 0.330 e. The molecule has 0 fully saturated rings. The molecule has 2 heteroatoms. The van der Waals surface area contributed by atoms with E-state index in [9.17, 15) is 4.79 Å². The normalized spacial score (nSPS) is 11.7. The third-order valence-corrected chi connectivity index (χ3v) is 1.13. The fraction of sp³-hybridized carbons (Fsp3) is 0.500. The van der Waals surface area contributed by atoms with Crippen LogP contribution >= 0.6 is 0 Å². The van der Waals surface area contributed by atoms with Crippen molar-refractivity contribution < 1.29 is 9.53 Å². The second kappa shape index (κ2) is 6.65. The monoisotopic (exact) mass is 168 g/mol. The highest BCUT2D eigenvalue weighted by atomic mass is 16.5. The van der Waals surface area contributed by atoms with Crippen molar-refractivity contribution in [1.29, 1.82) is 0 Å². The number of allylic oxidation sites excluding steroid dienone is 3. The highest BCUT2D eigenvalue weighted by molar-refractivity contribution is 5.82. The second-order valence-corrected chi connectivity index (χ2v) is 2.74. The van der Waals surface area contributed by atoms with Gasteiger partial charge in [-0.3, -0.25) is 0 Å². The van der Waals surface area contributed by atoms with Crippen LogP contribution < -0.4 is 0 Å². The number of hydrogen-bond acceptors (Lipinski definition) is 2. The molecule has 12 heavy (non-hydrogen) atoms. The molecule has 0 bridgehead atoms. The second-order valence-electron chi connectivity index (χ2n) is 2.74. The zero-order valence-electron chi connectivity index (χ0n) is 7.91. The minimum atomic E-state index is -0.286. The molecule has 0 N–H and O–H groups in total. The average molecular weight is 168 g/mol. The van der Waals surface area contributed by atoms with Crippen LogP contribution in [0.15, 0.2) is 24.3 Å². The quantitative estimate of drug-likeness (QED) is 0.366. The van der Waals surface area contributed by atoms with Gasteiger partial charge in [-0.25, -0.2) is 4.79 Å². The van der Waals surface area contributed by atoms with Crippen LogP contribution in [-0.4, -0.2) is 12.6 Å². The van der Waals surface area contributed by atoms with Gasteiger partial charge >= 0.3 is 5.97 Å². The molecule has 0 saturated heterocycles. The summed E-state index contributed by atoms with van der Waals surface area (Å²) in [6.07, 6.45) is 6.97. The van der Waals surface area contributed by atoms with Crippen LogP contribution in [0.5, 0.6) is 0 Å². The van der Waals surface area contributed by atoms with Crippen molar-refractivity contribution in [1.82, 2.24) is 0 Å². The molecule has 0 spiro atoms. The summed E-state index contributed by atoms with van der Waals surface area (Å²) in [5.74, 6) is 0.225. The van der Waals surface area contributed by atoms with Crippen molar-refractivity contribution >= 4 is 5.97 Å². The lowest BCUT2D eigenvalue weighted by atomic mass is 10.2. The largest absolute Gasteiger partial charge is 0.463 e. The van der Waals surface area contributed by atoms with Gasteiger partial charge in [0.15, 0.2) is 0 Å². The van der Waals surface area contributed by atoms with Crippen molar-refractivity contribution in [2.75, 3.05) is 6.61 Å². The Kier molecular flexibility index (Phi) is 6.07. The first-order valence-corrected chi connectivity index (χ1v) is 4.18. The number of carbonyl (C=O) groups is 1. The van der Waals surface area contributed by atoms with Crippen molar-refractivity contribution in [3.8, 4) is 0 Å². The highest BCUT2D eigenvalue weighted by Crippen LogP contribution is 1.93. The Hall–Kier alpha value is -1.05. The van der Waals surface area contributed by atoms with Crippen LogP contribution in [0.2, 0.25) is 0 Å². The van der Waals surface area contributed by atoms with E-state index in [1.807, 2.05) is 12.2 Å². The Bertz CT molecular complexity index is 178. The standard InChI is InChI=1S/C10H16O2/c1-4-12-10(11)8-6-5-7-9(2)3/h5-9H,4H2,1-3H3. The lowest BCUT2D eigenvalue weighted by molar-refractivity contribution is -0.137. The number of esters is 1. The summed E-state index contributed by atoms with van der Waals surface area (Å²) in [7, 11) is 0. The first kappa shape index (κ1) is 11.0. The van der Waals surface area contributed by atoms with E-state index in [0.717, 1.165) is 0 Å². The summed E-state index contributed by atoms with van der Waals surface area (Å²) in [4.78, 5) is 10.7. The summed E-state index contributed by atoms with van der Waals surface area (Å²) >= 11 is 0. The van der Waals surface area contributed by atoms with E-state index in [1.165, 1.54) is 6.08 Å². The first-order valence-electron chi connectivity index (χ1n) is 4.18. The molecule has 68 valence electrons. The molecule has 0 aliphatic heterocycles. The molecule has 2 nitrogen and oxygen atoms in total. The van der Waals surface area contributed by atoms with Gasteiger partial charge in [0.05, 0.1) is 6.61 Å². The van der Waals surface area contributed by atoms with Gasteiger partial charge < -0.3 is 4.74 Å². The molecule has 0 aromatic heterocycles. The molecule has 0 rings (SSSR count). The first-order chi connectivity index (χ1) is 5.66.